The summed E-state index contributed by atoms with van der Waals surface area (Å²) in [6, 6.07) is 22.2. The van der Waals surface area contributed by atoms with Gasteiger partial charge in [0.2, 0.25) is 0 Å². The van der Waals surface area contributed by atoms with Gasteiger partial charge in [-0.3, -0.25) is 0 Å². The van der Waals surface area contributed by atoms with Crippen molar-refractivity contribution in [3.05, 3.63) is 139 Å². The average Bonchev–Trinajstić information content (AvgIpc) is 3.68. The van der Waals surface area contributed by atoms with Crippen molar-refractivity contribution in [3.63, 3.8) is 0 Å². The molecule has 384 valence electrons. The van der Waals surface area contributed by atoms with E-state index < -0.39 is 0 Å². The maximum absolute atomic E-state index is 2.87. The van der Waals surface area contributed by atoms with Crippen LogP contribution >= 0.6 is 11.3 Å². The minimum atomic E-state index is 0.0476. The first-order valence-electron chi connectivity index (χ1n) is 28.7. The van der Waals surface area contributed by atoms with Crippen LogP contribution in [0.3, 0.4) is 0 Å². The number of hydrogen-bond acceptors (Lipinski definition) is 3. The standard InChI is InChI=1S/C69H89BN2S/c1-41(2)33-58-60-43(4)71(56-38-51-48(64(8,9)27-30-67(51,14)15)35-46(56)44-23-21-20-22-24-44)57-39-52-50(66(12,13)29-31-68(52,16)17)37-54(57)70(60)62-61(72(58)55-26-25-45(34-42(55)3)63(5,6)7)47-36-49-53(40-59(47)73-62)69(18,19)32-28-65(49,10)11/h20-26,33,35-39,41-42,53H,27-32,34,40H2,1-19H3/b58-33+. The molecule has 0 radical (unpaired) electrons. The molecule has 0 saturated heterocycles. The molecule has 1 aromatic heterocycles. The zero-order valence-corrected chi connectivity index (χ0v) is 49.6. The van der Waals surface area contributed by atoms with Crippen LogP contribution in [0.4, 0.5) is 17.1 Å². The third-order valence-electron chi connectivity index (χ3n) is 20.3. The summed E-state index contributed by atoms with van der Waals surface area (Å²) in [5.41, 5.74) is 25.6. The summed E-state index contributed by atoms with van der Waals surface area (Å²) >= 11 is 2.18. The van der Waals surface area contributed by atoms with E-state index in [-0.39, 0.29) is 44.6 Å². The molecule has 2 aliphatic heterocycles. The molecule has 0 amide bonds. The average molecular weight is 989 g/mol. The van der Waals surface area contributed by atoms with Gasteiger partial charge in [-0.2, -0.15) is 11.3 Å². The van der Waals surface area contributed by atoms with E-state index in [1.165, 1.54) is 117 Å². The van der Waals surface area contributed by atoms with Crippen molar-refractivity contribution in [1.82, 2.24) is 0 Å². The highest BCUT2D eigenvalue weighted by Gasteiger charge is 2.53. The van der Waals surface area contributed by atoms with Gasteiger partial charge in [-0.05, 0) is 171 Å². The second kappa shape index (κ2) is 16.6. The first kappa shape index (κ1) is 50.9. The summed E-state index contributed by atoms with van der Waals surface area (Å²) in [6.45, 7) is 47.5. The molecule has 5 aliphatic carbocycles. The SMILES string of the molecule is CC1=C2B(c3cc4c(cc3N1c1cc3c(cc1-c1ccccc1)C(C)(C)CCC3(C)C)C(C)(C)CCC4(C)C)c1sc3c(c1N(C1=CC=C(C(C)(C)C)CC1C)/C2=C/C(C)C)C=C1C(C3)C(C)(C)CCC1(C)C. The summed E-state index contributed by atoms with van der Waals surface area (Å²) in [5.74, 6) is 1.23. The number of fused-ring (bicyclic) bond motifs is 10. The van der Waals surface area contributed by atoms with Crippen LogP contribution in [-0.2, 0) is 28.1 Å². The fourth-order valence-electron chi connectivity index (χ4n) is 15.1. The van der Waals surface area contributed by atoms with Gasteiger partial charge in [-0.1, -0.05) is 190 Å². The summed E-state index contributed by atoms with van der Waals surface area (Å²) < 4.78 is 1.55. The summed E-state index contributed by atoms with van der Waals surface area (Å²) in [7, 11) is 0. The Morgan fingerprint density at radius 2 is 1.23 bits per heavy atom. The number of rotatable bonds is 4. The molecule has 7 aliphatic rings. The largest absolute Gasteiger partial charge is 0.315 e. The van der Waals surface area contributed by atoms with E-state index in [1.807, 2.05) is 0 Å². The van der Waals surface area contributed by atoms with Crippen LogP contribution in [0, 0.1) is 34.0 Å². The molecule has 2 unspecified atom stereocenters. The number of benzene rings is 3. The fraction of sp³-hybridized carbons (Fsp3) is 0.536. The Bertz CT molecular complexity index is 3120. The lowest BCUT2D eigenvalue weighted by Crippen LogP contribution is -2.57. The van der Waals surface area contributed by atoms with E-state index in [1.54, 1.807) is 26.4 Å². The van der Waals surface area contributed by atoms with E-state index in [2.05, 4.69) is 232 Å². The third-order valence-corrected chi connectivity index (χ3v) is 21.6. The van der Waals surface area contributed by atoms with Crippen molar-refractivity contribution < 1.29 is 0 Å². The molecule has 2 nitrogen and oxygen atoms in total. The summed E-state index contributed by atoms with van der Waals surface area (Å²) in [6.07, 6.45) is 20.0. The lowest BCUT2D eigenvalue weighted by Gasteiger charge is -2.50. The highest BCUT2D eigenvalue weighted by atomic mass is 32.1. The zero-order valence-electron chi connectivity index (χ0n) is 48.8. The molecular weight excluding hydrogens is 900 g/mol. The molecule has 3 aromatic carbocycles. The van der Waals surface area contributed by atoms with Crippen molar-refractivity contribution in [1.29, 1.82) is 0 Å². The van der Waals surface area contributed by atoms with Gasteiger partial charge in [0.25, 0.3) is 6.71 Å². The van der Waals surface area contributed by atoms with Gasteiger partial charge < -0.3 is 9.80 Å². The monoisotopic (exact) mass is 989 g/mol. The topological polar surface area (TPSA) is 6.48 Å². The third kappa shape index (κ3) is 7.96. The Kier molecular flexibility index (Phi) is 11.6. The van der Waals surface area contributed by atoms with Gasteiger partial charge >= 0.3 is 0 Å². The molecule has 3 heterocycles. The highest BCUT2D eigenvalue weighted by Crippen LogP contribution is 2.60. The van der Waals surface area contributed by atoms with Crippen molar-refractivity contribution >= 4 is 51.4 Å². The van der Waals surface area contributed by atoms with Gasteiger partial charge in [0, 0.05) is 49.5 Å². The predicted octanol–water partition coefficient (Wildman–Crippen LogP) is 18.3. The number of thiophene rings is 1. The van der Waals surface area contributed by atoms with Crippen LogP contribution in [0.15, 0.2) is 107 Å². The van der Waals surface area contributed by atoms with E-state index in [9.17, 15) is 0 Å². The number of anilines is 3. The molecule has 2 atom stereocenters. The Hall–Kier alpha value is -4.28. The Labute approximate surface area is 447 Å². The second-order valence-electron chi connectivity index (χ2n) is 29.7. The maximum Gasteiger partial charge on any atom is 0.264 e. The molecule has 4 aromatic rings. The van der Waals surface area contributed by atoms with Crippen molar-refractivity contribution in [2.24, 2.45) is 34.0 Å². The van der Waals surface area contributed by atoms with Gasteiger partial charge in [0.05, 0.1) is 11.4 Å². The second-order valence-corrected chi connectivity index (χ2v) is 30.8. The minimum Gasteiger partial charge on any atom is -0.315 e. The molecule has 0 bridgehead atoms. The lowest BCUT2D eigenvalue weighted by atomic mass is 9.34. The molecule has 73 heavy (non-hydrogen) atoms. The smallest absolute Gasteiger partial charge is 0.264 e. The van der Waals surface area contributed by atoms with Crippen LogP contribution in [0.25, 0.3) is 17.2 Å². The van der Waals surface area contributed by atoms with Gasteiger partial charge in [0.15, 0.2) is 0 Å². The highest BCUT2D eigenvalue weighted by molar-refractivity contribution is 7.28. The van der Waals surface area contributed by atoms with Crippen LogP contribution < -0.4 is 20.0 Å². The van der Waals surface area contributed by atoms with Crippen LogP contribution in [0.2, 0.25) is 0 Å². The zero-order chi connectivity index (χ0) is 52.5. The Morgan fingerprint density at radius 1 is 0.671 bits per heavy atom. The summed E-state index contributed by atoms with van der Waals surface area (Å²) in [5, 5.41) is 0. The molecule has 11 rings (SSSR count). The molecular formula is C69H89BN2S. The molecule has 1 fully saturated rings. The van der Waals surface area contributed by atoms with E-state index in [4.69, 9.17) is 0 Å². The van der Waals surface area contributed by atoms with E-state index in [0.29, 0.717) is 17.8 Å². The predicted molar refractivity (Wildman–Crippen MR) is 320 cm³/mol. The summed E-state index contributed by atoms with van der Waals surface area (Å²) in [4.78, 5) is 7.27. The van der Waals surface area contributed by atoms with Crippen LogP contribution in [0.5, 0.6) is 0 Å². The fourth-order valence-corrected chi connectivity index (χ4v) is 16.5. The first-order chi connectivity index (χ1) is 33.9. The van der Waals surface area contributed by atoms with Gasteiger partial charge in [0.1, 0.15) is 0 Å². The Balaban J connectivity index is 1.29. The van der Waals surface area contributed by atoms with Gasteiger partial charge in [-0.25, -0.2) is 0 Å². The molecule has 4 heteroatoms. The van der Waals surface area contributed by atoms with E-state index in [0.717, 1.165) is 12.8 Å². The van der Waals surface area contributed by atoms with Gasteiger partial charge in [-0.15, -0.1) is 0 Å². The Morgan fingerprint density at radius 3 is 1.81 bits per heavy atom. The van der Waals surface area contributed by atoms with Crippen molar-refractivity contribution in [2.75, 3.05) is 9.80 Å². The first-order valence-corrected chi connectivity index (χ1v) is 29.5. The number of allylic oxidation sites excluding steroid dienone is 8. The number of hydrogen-bond donors (Lipinski definition) is 0. The number of nitrogens with zero attached hydrogens (tertiary/aromatic N) is 2. The van der Waals surface area contributed by atoms with Crippen molar-refractivity contribution in [3.8, 4) is 11.1 Å². The molecule has 0 spiro atoms. The lowest BCUT2D eigenvalue weighted by molar-refractivity contribution is 0.124. The normalized spacial score (nSPS) is 25.4. The van der Waals surface area contributed by atoms with Crippen LogP contribution in [-0.4, -0.2) is 6.71 Å². The molecule has 1 saturated carbocycles. The van der Waals surface area contributed by atoms with Crippen LogP contribution in [0.1, 0.15) is 209 Å². The van der Waals surface area contributed by atoms with Crippen molar-refractivity contribution in [2.45, 2.75) is 205 Å². The minimum absolute atomic E-state index is 0.0476. The quantitative estimate of drug-likeness (QED) is 0.188. The maximum atomic E-state index is 2.87. The van der Waals surface area contributed by atoms with E-state index >= 15 is 0 Å². The molecule has 0 N–H and O–H groups in total.